The third-order valence-electron chi connectivity index (χ3n) is 2.10. The van der Waals surface area contributed by atoms with Gasteiger partial charge in [-0.25, -0.2) is 9.37 Å². The first kappa shape index (κ1) is 11.3. The number of carbonyl (C=O) groups excluding carboxylic acids is 1. The number of anilines is 1. The van der Waals surface area contributed by atoms with E-state index in [4.69, 9.17) is 0 Å². The molecule has 0 atom stereocenters. The van der Waals surface area contributed by atoms with E-state index in [-0.39, 0.29) is 5.82 Å². The number of halogens is 1. The average molecular weight is 234 g/mol. The predicted molar refractivity (Wildman–Crippen MR) is 60.2 cm³/mol. The Morgan fingerprint density at radius 2 is 2.12 bits per heavy atom. The van der Waals surface area contributed by atoms with Gasteiger partial charge in [0.25, 0.3) is 5.91 Å². The molecule has 5 nitrogen and oxygen atoms in total. The third kappa shape index (κ3) is 2.66. The van der Waals surface area contributed by atoms with Gasteiger partial charge in [0.15, 0.2) is 0 Å². The summed E-state index contributed by atoms with van der Waals surface area (Å²) in [5.74, 6) is -0.291. The van der Waals surface area contributed by atoms with Crippen LogP contribution in [0.1, 0.15) is 22.0 Å². The second-order valence-electron chi connectivity index (χ2n) is 3.72. The van der Waals surface area contributed by atoms with Crippen molar-refractivity contribution in [2.24, 2.45) is 0 Å². The highest BCUT2D eigenvalue weighted by Crippen LogP contribution is 2.13. The van der Waals surface area contributed by atoms with Crippen molar-refractivity contribution >= 4 is 11.6 Å². The first-order valence-corrected chi connectivity index (χ1v) is 5.02. The first-order valence-electron chi connectivity index (χ1n) is 5.02. The second kappa shape index (κ2) is 4.32. The zero-order valence-electron chi connectivity index (χ0n) is 9.41. The maximum atomic E-state index is 13.1. The highest BCUT2D eigenvalue weighted by Gasteiger charge is 2.11. The molecule has 2 aromatic rings. The van der Waals surface area contributed by atoms with Crippen LogP contribution in [0.4, 0.5) is 10.1 Å². The number of nitrogens with one attached hydrogen (secondary N) is 2. The molecule has 17 heavy (non-hydrogen) atoms. The Balaban J connectivity index is 2.18. The summed E-state index contributed by atoms with van der Waals surface area (Å²) in [6, 6.07) is 4.29. The molecule has 0 aliphatic carbocycles. The van der Waals surface area contributed by atoms with Gasteiger partial charge in [0, 0.05) is 5.69 Å². The molecule has 0 saturated heterocycles. The summed E-state index contributed by atoms with van der Waals surface area (Å²) in [4.78, 5) is 15.6. The zero-order valence-corrected chi connectivity index (χ0v) is 9.41. The molecule has 0 spiro atoms. The fraction of sp³-hybridized carbons (Fsp3) is 0.182. The molecule has 0 fully saturated rings. The molecule has 2 N–H and O–H groups in total. The van der Waals surface area contributed by atoms with Crippen molar-refractivity contribution in [1.82, 2.24) is 15.2 Å². The molecular formula is C11H11FN4O. The number of rotatable bonds is 2. The maximum Gasteiger partial charge on any atom is 0.295 e. The number of hydrogen-bond donors (Lipinski definition) is 2. The fourth-order valence-electron chi connectivity index (χ4n) is 1.44. The highest BCUT2D eigenvalue weighted by molar-refractivity contribution is 6.01. The van der Waals surface area contributed by atoms with Crippen LogP contribution in [0.15, 0.2) is 18.2 Å². The van der Waals surface area contributed by atoms with Crippen LogP contribution in [0.2, 0.25) is 0 Å². The van der Waals surface area contributed by atoms with E-state index in [1.54, 1.807) is 19.9 Å². The topological polar surface area (TPSA) is 70.7 Å². The van der Waals surface area contributed by atoms with Gasteiger partial charge < -0.3 is 5.32 Å². The van der Waals surface area contributed by atoms with E-state index in [1.165, 1.54) is 12.1 Å². The first-order chi connectivity index (χ1) is 8.04. The van der Waals surface area contributed by atoms with Crippen LogP contribution in [0, 0.1) is 19.7 Å². The number of H-pyrrole nitrogens is 1. The zero-order chi connectivity index (χ0) is 12.4. The number of carbonyl (C=O) groups is 1. The van der Waals surface area contributed by atoms with Gasteiger partial charge >= 0.3 is 0 Å². The number of nitrogens with zero attached hydrogens (tertiary/aromatic N) is 2. The number of hydrogen-bond acceptors (Lipinski definition) is 3. The van der Waals surface area contributed by atoms with Gasteiger partial charge in [0.2, 0.25) is 5.82 Å². The number of aromatic nitrogens is 3. The van der Waals surface area contributed by atoms with Gasteiger partial charge in [-0.1, -0.05) is 0 Å². The number of benzene rings is 1. The van der Waals surface area contributed by atoms with Crippen molar-refractivity contribution < 1.29 is 9.18 Å². The van der Waals surface area contributed by atoms with E-state index in [0.29, 0.717) is 11.5 Å². The Hall–Kier alpha value is -2.24. The van der Waals surface area contributed by atoms with Crippen molar-refractivity contribution in [3.05, 3.63) is 41.2 Å². The van der Waals surface area contributed by atoms with Gasteiger partial charge in [-0.15, -0.1) is 5.10 Å². The van der Waals surface area contributed by atoms with Crippen LogP contribution < -0.4 is 5.32 Å². The normalized spacial score (nSPS) is 10.3. The quantitative estimate of drug-likeness (QED) is 0.832. The van der Waals surface area contributed by atoms with Crippen LogP contribution in [0.25, 0.3) is 0 Å². The van der Waals surface area contributed by atoms with E-state index in [9.17, 15) is 9.18 Å². The third-order valence-corrected chi connectivity index (χ3v) is 2.10. The van der Waals surface area contributed by atoms with Gasteiger partial charge in [-0.05, 0) is 37.6 Å². The second-order valence-corrected chi connectivity index (χ2v) is 3.72. The summed E-state index contributed by atoms with van der Waals surface area (Å²) in [6.45, 7) is 3.44. The molecule has 1 amide bonds. The van der Waals surface area contributed by atoms with Crippen molar-refractivity contribution in [1.29, 1.82) is 0 Å². The number of aryl methyl sites for hydroxylation is 2. The Labute approximate surface area is 97.1 Å². The summed E-state index contributed by atoms with van der Waals surface area (Å²) in [6.07, 6.45) is 0. The van der Waals surface area contributed by atoms with Crippen LogP contribution >= 0.6 is 0 Å². The molecule has 0 unspecified atom stereocenters. The lowest BCUT2D eigenvalue weighted by molar-refractivity contribution is 0.101. The van der Waals surface area contributed by atoms with Crippen LogP contribution in [-0.2, 0) is 0 Å². The summed E-state index contributed by atoms with van der Waals surface area (Å²) >= 11 is 0. The maximum absolute atomic E-state index is 13.1. The fourth-order valence-corrected chi connectivity index (χ4v) is 1.44. The van der Waals surface area contributed by atoms with Gasteiger partial charge in [-0.3, -0.25) is 9.89 Å². The smallest absolute Gasteiger partial charge is 0.295 e. The highest BCUT2D eigenvalue weighted by atomic mass is 19.1. The molecule has 0 aliphatic rings. The SMILES string of the molecule is Cc1cc(F)cc(NC(=O)c2n[nH]c(C)n2)c1. The summed E-state index contributed by atoms with van der Waals surface area (Å²) < 4.78 is 13.1. The van der Waals surface area contributed by atoms with Gasteiger partial charge in [0.05, 0.1) is 0 Å². The monoisotopic (exact) mass is 234 g/mol. The van der Waals surface area contributed by atoms with E-state index >= 15 is 0 Å². The molecule has 0 aliphatic heterocycles. The van der Waals surface area contributed by atoms with Crippen molar-refractivity contribution in [2.45, 2.75) is 13.8 Å². The Morgan fingerprint density at radius 3 is 2.71 bits per heavy atom. The molecule has 0 bridgehead atoms. The van der Waals surface area contributed by atoms with Gasteiger partial charge in [0.1, 0.15) is 11.6 Å². The van der Waals surface area contributed by atoms with Crippen molar-refractivity contribution in [3.8, 4) is 0 Å². The summed E-state index contributed by atoms with van der Waals surface area (Å²) in [5.41, 5.74) is 1.11. The van der Waals surface area contributed by atoms with E-state index < -0.39 is 11.7 Å². The summed E-state index contributed by atoms with van der Waals surface area (Å²) in [5, 5.41) is 8.81. The average Bonchev–Trinajstić information content (AvgIpc) is 2.63. The predicted octanol–water partition coefficient (Wildman–Crippen LogP) is 1.81. The molecule has 0 radical (unpaired) electrons. The van der Waals surface area contributed by atoms with Gasteiger partial charge in [-0.2, -0.15) is 0 Å². The molecule has 6 heteroatoms. The standard InChI is InChI=1S/C11H11FN4O/c1-6-3-8(12)5-9(4-6)14-11(17)10-13-7(2)15-16-10/h3-5H,1-2H3,(H,14,17)(H,13,15,16). The summed E-state index contributed by atoms with van der Waals surface area (Å²) in [7, 11) is 0. The Morgan fingerprint density at radius 1 is 1.35 bits per heavy atom. The largest absolute Gasteiger partial charge is 0.319 e. The van der Waals surface area contributed by atoms with Crippen LogP contribution in [0.5, 0.6) is 0 Å². The minimum Gasteiger partial charge on any atom is -0.319 e. The molecular weight excluding hydrogens is 223 g/mol. The number of amides is 1. The van der Waals surface area contributed by atoms with E-state index in [2.05, 4.69) is 20.5 Å². The van der Waals surface area contributed by atoms with E-state index in [1.807, 2.05) is 0 Å². The molecule has 88 valence electrons. The lowest BCUT2D eigenvalue weighted by Gasteiger charge is -2.03. The Kier molecular flexibility index (Phi) is 2.86. The molecule has 0 saturated carbocycles. The Bertz CT molecular complexity index is 544. The minimum absolute atomic E-state index is 0.0319. The lowest BCUT2D eigenvalue weighted by atomic mass is 10.2. The van der Waals surface area contributed by atoms with Crippen LogP contribution in [-0.4, -0.2) is 21.1 Å². The van der Waals surface area contributed by atoms with Crippen molar-refractivity contribution in [3.63, 3.8) is 0 Å². The minimum atomic E-state index is -0.473. The molecule has 1 aromatic carbocycles. The molecule has 1 aromatic heterocycles. The lowest BCUT2D eigenvalue weighted by Crippen LogP contribution is -2.14. The van der Waals surface area contributed by atoms with Crippen LogP contribution in [0.3, 0.4) is 0 Å². The molecule has 1 heterocycles. The molecule has 2 rings (SSSR count). The van der Waals surface area contributed by atoms with Crippen molar-refractivity contribution in [2.75, 3.05) is 5.32 Å². The number of aromatic amines is 1. The van der Waals surface area contributed by atoms with E-state index in [0.717, 1.165) is 5.56 Å².